The highest BCUT2D eigenvalue weighted by molar-refractivity contribution is 5.89. The molecule has 19 heavy (non-hydrogen) atoms. The van der Waals surface area contributed by atoms with Crippen LogP contribution in [0.25, 0.3) is 10.9 Å². The molecule has 2 rings (SSSR count). The number of nitrogens with one attached hydrogen (secondary N) is 2. The Balaban J connectivity index is 2.27. The Morgan fingerprint density at radius 1 is 1.11 bits per heavy atom. The number of para-hydroxylation sites is 1. The molecule has 2 aromatic rings. The van der Waals surface area contributed by atoms with E-state index in [1.807, 2.05) is 24.3 Å². The number of benzene rings is 1. The van der Waals surface area contributed by atoms with Crippen LogP contribution in [-0.2, 0) is 0 Å². The maximum Gasteiger partial charge on any atom is 0.225 e. The first-order valence-corrected chi connectivity index (χ1v) is 6.70. The predicted molar refractivity (Wildman–Crippen MR) is 78.5 cm³/mol. The Kier molecular flexibility index (Phi) is 4.92. The van der Waals surface area contributed by atoms with Crippen molar-refractivity contribution in [3.8, 4) is 0 Å². The molecular weight excluding hydrogens is 240 g/mol. The van der Waals surface area contributed by atoms with E-state index in [2.05, 4.69) is 27.5 Å². The van der Waals surface area contributed by atoms with Crippen LogP contribution < -0.4 is 10.6 Å². The van der Waals surface area contributed by atoms with Crippen molar-refractivity contribution in [1.29, 1.82) is 0 Å². The van der Waals surface area contributed by atoms with Crippen LogP contribution in [0.15, 0.2) is 24.3 Å². The van der Waals surface area contributed by atoms with Gasteiger partial charge < -0.3 is 15.7 Å². The van der Waals surface area contributed by atoms with Crippen molar-refractivity contribution in [3.63, 3.8) is 0 Å². The number of nitrogens with zero attached hydrogens (tertiary/aromatic N) is 2. The first-order valence-electron chi connectivity index (χ1n) is 6.70. The number of hydrogen-bond donors (Lipinski definition) is 3. The van der Waals surface area contributed by atoms with Crippen LogP contribution in [-0.4, -0.2) is 34.8 Å². The van der Waals surface area contributed by atoms with E-state index >= 15 is 0 Å². The Bertz CT molecular complexity index is 530. The molecule has 1 aromatic carbocycles. The maximum atomic E-state index is 8.92. The molecule has 0 radical (unpaired) electrons. The first-order chi connectivity index (χ1) is 9.35. The second-order valence-electron chi connectivity index (χ2n) is 4.34. The highest BCUT2D eigenvalue weighted by Crippen LogP contribution is 2.21. The molecule has 5 nitrogen and oxygen atoms in total. The quantitative estimate of drug-likeness (QED) is 0.666. The molecule has 3 N–H and O–H groups in total. The lowest BCUT2D eigenvalue weighted by atomic mass is 10.2. The smallest absolute Gasteiger partial charge is 0.225 e. The number of hydrogen-bond acceptors (Lipinski definition) is 5. The fraction of sp³-hybridized carbons (Fsp3) is 0.429. The van der Waals surface area contributed by atoms with Crippen LogP contribution in [0.3, 0.4) is 0 Å². The molecule has 0 fully saturated rings. The van der Waals surface area contributed by atoms with Gasteiger partial charge in [0.25, 0.3) is 0 Å². The zero-order valence-electron chi connectivity index (χ0n) is 11.2. The third-order valence-electron chi connectivity index (χ3n) is 2.82. The van der Waals surface area contributed by atoms with Gasteiger partial charge in [0, 0.05) is 18.5 Å². The van der Waals surface area contributed by atoms with Gasteiger partial charge >= 0.3 is 0 Å². The van der Waals surface area contributed by atoms with E-state index < -0.39 is 0 Å². The largest absolute Gasteiger partial charge is 0.395 e. The lowest BCUT2D eigenvalue weighted by molar-refractivity contribution is 0.311. The van der Waals surface area contributed by atoms with Crippen molar-refractivity contribution >= 4 is 22.7 Å². The third-order valence-corrected chi connectivity index (χ3v) is 2.82. The summed E-state index contributed by atoms with van der Waals surface area (Å²) in [6.45, 7) is 3.58. The normalized spacial score (nSPS) is 10.6. The molecule has 0 aliphatic heterocycles. The number of aliphatic hydroxyl groups is 1. The Morgan fingerprint density at radius 3 is 2.74 bits per heavy atom. The fourth-order valence-corrected chi connectivity index (χ4v) is 1.84. The highest BCUT2D eigenvalue weighted by Gasteiger charge is 2.06. The number of anilines is 2. The van der Waals surface area contributed by atoms with Gasteiger partial charge in [-0.1, -0.05) is 25.5 Å². The van der Waals surface area contributed by atoms with Crippen LogP contribution in [0, 0.1) is 0 Å². The Labute approximate surface area is 113 Å². The minimum atomic E-state index is 0.0803. The predicted octanol–water partition coefficient (Wildman–Crippen LogP) is 2.25. The van der Waals surface area contributed by atoms with Gasteiger partial charge in [0.15, 0.2) is 0 Å². The maximum absolute atomic E-state index is 8.92. The van der Waals surface area contributed by atoms with Crippen molar-refractivity contribution in [3.05, 3.63) is 24.3 Å². The highest BCUT2D eigenvalue weighted by atomic mass is 16.3. The monoisotopic (exact) mass is 260 g/mol. The number of fused-ring (bicyclic) bond motifs is 1. The molecule has 0 amide bonds. The van der Waals surface area contributed by atoms with E-state index in [0.717, 1.165) is 36.1 Å². The minimum absolute atomic E-state index is 0.0803. The van der Waals surface area contributed by atoms with Crippen molar-refractivity contribution in [2.75, 3.05) is 30.3 Å². The summed E-state index contributed by atoms with van der Waals surface area (Å²) in [6, 6.07) is 7.86. The molecule has 0 bridgehead atoms. The van der Waals surface area contributed by atoms with Gasteiger partial charge in [0.2, 0.25) is 5.95 Å². The Hall–Kier alpha value is -1.88. The van der Waals surface area contributed by atoms with Crippen molar-refractivity contribution < 1.29 is 5.11 Å². The van der Waals surface area contributed by atoms with Gasteiger partial charge in [-0.15, -0.1) is 0 Å². The number of unbranched alkanes of at least 4 members (excludes halogenated alkanes) is 1. The lowest BCUT2D eigenvalue weighted by Gasteiger charge is -2.10. The minimum Gasteiger partial charge on any atom is -0.395 e. The van der Waals surface area contributed by atoms with E-state index in [1.54, 1.807) is 0 Å². The molecule has 0 spiro atoms. The van der Waals surface area contributed by atoms with Crippen LogP contribution >= 0.6 is 0 Å². The van der Waals surface area contributed by atoms with E-state index in [4.69, 9.17) is 5.11 Å². The van der Waals surface area contributed by atoms with Gasteiger partial charge in [-0.05, 0) is 18.6 Å². The average molecular weight is 260 g/mol. The van der Waals surface area contributed by atoms with E-state index in [0.29, 0.717) is 12.5 Å². The molecule has 1 aromatic heterocycles. The summed E-state index contributed by atoms with van der Waals surface area (Å²) in [7, 11) is 0. The number of aliphatic hydroxyl groups excluding tert-OH is 1. The molecule has 0 unspecified atom stereocenters. The van der Waals surface area contributed by atoms with Crippen LogP contribution in [0.1, 0.15) is 19.8 Å². The second kappa shape index (κ2) is 6.89. The molecule has 1 heterocycles. The van der Waals surface area contributed by atoms with Gasteiger partial charge in [-0.25, -0.2) is 4.98 Å². The number of rotatable bonds is 7. The van der Waals surface area contributed by atoms with Gasteiger partial charge in [-0.2, -0.15) is 4.98 Å². The number of aromatic nitrogens is 2. The summed E-state index contributed by atoms with van der Waals surface area (Å²) < 4.78 is 0. The van der Waals surface area contributed by atoms with Crippen molar-refractivity contribution in [2.45, 2.75) is 19.8 Å². The van der Waals surface area contributed by atoms with Crippen LogP contribution in [0.2, 0.25) is 0 Å². The lowest BCUT2D eigenvalue weighted by Crippen LogP contribution is -2.11. The third kappa shape index (κ3) is 3.54. The molecule has 5 heteroatoms. The topological polar surface area (TPSA) is 70.1 Å². The summed E-state index contributed by atoms with van der Waals surface area (Å²) >= 11 is 0. The van der Waals surface area contributed by atoms with Crippen molar-refractivity contribution in [2.24, 2.45) is 0 Å². The van der Waals surface area contributed by atoms with Gasteiger partial charge in [0.05, 0.1) is 12.1 Å². The van der Waals surface area contributed by atoms with E-state index in [9.17, 15) is 0 Å². The summed E-state index contributed by atoms with van der Waals surface area (Å²) in [4.78, 5) is 8.96. The van der Waals surface area contributed by atoms with Gasteiger partial charge in [-0.3, -0.25) is 0 Å². The SMILES string of the molecule is CCCCNc1nc(NCCO)c2ccccc2n1. The summed E-state index contributed by atoms with van der Waals surface area (Å²) in [5.41, 5.74) is 0.900. The standard InChI is InChI=1S/C14H20N4O/c1-2-3-8-16-14-17-12-7-5-4-6-11(12)13(18-14)15-9-10-19/h4-7,19H,2-3,8-10H2,1H3,(H2,15,16,17,18). The van der Waals surface area contributed by atoms with Crippen LogP contribution in [0.5, 0.6) is 0 Å². The molecule has 0 saturated carbocycles. The molecule has 0 aliphatic carbocycles. The van der Waals surface area contributed by atoms with E-state index in [-0.39, 0.29) is 6.61 Å². The van der Waals surface area contributed by atoms with E-state index in [1.165, 1.54) is 0 Å². The fourth-order valence-electron chi connectivity index (χ4n) is 1.84. The zero-order valence-corrected chi connectivity index (χ0v) is 11.2. The summed E-state index contributed by atoms with van der Waals surface area (Å²) in [5, 5.41) is 16.2. The second-order valence-corrected chi connectivity index (χ2v) is 4.34. The van der Waals surface area contributed by atoms with Gasteiger partial charge in [0.1, 0.15) is 5.82 Å². The van der Waals surface area contributed by atoms with Crippen molar-refractivity contribution in [1.82, 2.24) is 9.97 Å². The molecule has 0 saturated heterocycles. The molecule has 0 atom stereocenters. The Morgan fingerprint density at radius 2 is 1.95 bits per heavy atom. The zero-order chi connectivity index (χ0) is 13.5. The summed E-state index contributed by atoms with van der Waals surface area (Å²) in [5.74, 6) is 1.39. The molecule has 102 valence electrons. The first kappa shape index (κ1) is 13.5. The summed E-state index contributed by atoms with van der Waals surface area (Å²) in [6.07, 6.45) is 2.23. The molecule has 0 aliphatic rings. The van der Waals surface area contributed by atoms with Crippen LogP contribution in [0.4, 0.5) is 11.8 Å². The molecular formula is C14H20N4O. The average Bonchev–Trinajstić information content (AvgIpc) is 2.45.